The number of aromatic nitrogens is 2. The first-order chi connectivity index (χ1) is 12.2. The summed E-state index contributed by atoms with van der Waals surface area (Å²) in [5, 5.41) is 2.92. The zero-order valence-electron chi connectivity index (χ0n) is 14.7. The fraction of sp³-hybridized carbons (Fsp3) is 0.421. The van der Waals surface area contributed by atoms with Gasteiger partial charge in [-0.2, -0.15) is 0 Å². The van der Waals surface area contributed by atoms with Crippen LogP contribution >= 0.6 is 11.8 Å². The molecule has 0 bridgehead atoms. The van der Waals surface area contributed by atoms with Crippen molar-refractivity contribution in [2.24, 2.45) is 0 Å². The van der Waals surface area contributed by atoms with Crippen LogP contribution in [0.15, 0.2) is 29.2 Å². The molecule has 5 nitrogen and oxygen atoms in total. The van der Waals surface area contributed by atoms with E-state index in [0.29, 0.717) is 18.1 Å². The van der Waals surface area contributed by atoms with Crippen molar-refractivity contribution in [3.8, 4) is 5.75 Å². The SMILES string of the molecule is COc1cccc(SCC(=O)NCc2nc(C)c3c(n2)CCCC3)c1. The van der Waals surface area contributed by atoms with Crippen molar-refractivity contribution in [1.82, 2.24) is 15.3 Å². The second-order valence-electron chi connectivity index (χ2n) is 6.10. The van der Waals surface area contributed by atoms with Crippen LogP contribution in [-0.4, -0.2) is 28.7 Å². The van der Waals surface area contributed by atoms with Crippen LogP contribution in [0.1, 0.15) is 35.6 Å². The number of rotatable bonds is 6. The molecule has 6 heteroatoms. The fourth-order valence-electron chi connectivity index (χ4n) is 2.99. The average Bonchev–Trinajstić information content (AvgIpc) is 2.65. The molecule has 132 valence electrons. The maximum absolute atomic E-state index is 12.1. The van der Waals surface area contributed by atoms with Crippen molar-refractivity contribution < 1.29 is 9.53 Å². The molecule has 25 heavy (non-hydrogen) atoms. The number of hydrogen-bond acceptors (Lipinski definition) is 5. The third-order valence-corrected chi connectivity index (χ3v) is 5.28. The Hall–Kier alpha value is -2.08. The van der Waals surface area contributed by atoms with Crippen molar-refractivity contribution in [3.63, 3.8) is 0 Å². The third-order valence-electron chi connectivity index (χ3n) is 4.29. The van der Waals surface area contributed by atoms with Gasteiger partial charge in [-0.1, -0.05) is 6.07 Å². The van der Waals surface area contributed by atoms with Crippen molar-refractivity contribution in [3.05, 3.63) is 47.0 Å². The molecule has 0 saturated carbocycles. The molecule has 0 radical (unpaired) electrons. The molecule has 0 saturated heterocycles. The Bertz CT molecular complexity index is 764. The lowest BCUT2D eigenvalue weighted by Crippen LogP contribution is -2.26. The average molecular weight is 357 g/mol. The molecule has 1 aliphatic carbocycles. The number of ether oxygens (including phenoxy) is 1. The minimum Gasteiger partial charge on any atom is -0.497 e. The summed E-state index contributed by atoms with van der Waals surface area (Å²) in [5.74, 6) is 1.84. The summed E-state index contributed by atoms with van der Waals surface area (Å²) in [5.41, 5.74) is 3.52. The summed E-state index contributed by atoms with van der Waals surface area (Å²) < 4.78 is 5.19. The number of amides is 1. The Kier molecular flexibility index (Phi) is 5.91. The standard InChI is InChI=1S/C19H23N3O2S/c1-13-16-8-3-4-9-17(16)22-18(21-13)11-20-19(23)12-25-15-7-5-6-14(10-15)24-2/h5-7,10H,3-4,8-9,11-12H2,1-2H3,(H,20,23). The number of aryl methyl sites for hydroxylation is 2. The molecule has 1 N–H and O–H groups in total. The van der Waals surface area contributed by atoms with E-state index in [4.69, 9.17) is 4.74 Å². The van der Waals surface area contributed by atoms with Gasteiger partial charge in [0.25, 0.3) is 0 Å². The summed E-state index contributed by atoms with van der Waals surface area (Å²) >= 11 is 1.49. The fourth-order valence-corrected chi connectivity index (χ4v) is 3.77. The van der Waals surface area contributed by atoms with Crippen molar-refractivity contribution in [2.75, 3.05) is 12.9 Å². The maximum atomic E-state index is 12.1. The lowest BCUT2D eigenvalue weighted by atomic mass is 9.95. The topological polar surface area (TPSA) is 64.1 Å². The number of hydrogen-bond donors (Lipinski definition) is 1. The Labute approximate surface area is 152 Å². The quantitative estimate of drug-likeness (QED) is 0.805. The molecule has 1 aliphatic rings. The maximum Gasteiger partial charge on any atom is 0.230 e. The zero-order chi connectivity index (χ0) is 17.6. The molecule has 0 aliphatic heterocycles. The highest BCUT2D eigenvalue weighted by Gasteiger charge is 2.15. The zero-order valence-corrected chi connectivity index (χ0v) is 15.5. The number of methoxy groups -OCH3 is 1. The van der Waals surface area contributed by atoms with Gasteiger partial charge in [0.05, 0.1) is 19.4 Å². The summed E-state index contributed by atoms with van der Waals surface area (Å²) in [7, 11) is 1.64. The second kappa shape index (κ2) is 8.34. The number of benzene rings is 1. The number of carbonyl (C=O) groups excluding carboxylic acids is 1. The van der Waals surface area contributed by atoms with Crippen LogP contribution in [0.2, 0.25) is 0 Å². The van der Waals surface area contributed by atoms with Gasteiger partial charge in [-0.25, -0.2) is 9.97 Å². The smallest absolute Gasteiger partial charge is 0.230 e. The minimum absolute atomic E-state index is 0.0215. The predicted octanol–water partition coefficient (Wildman–Crippen LogP) is 3.08. The minimum atomic E-state index is -0.0215. The number of carbonyl (C=O) groups is 1. The highest BCUT2D eigenvalue weighted by atomic mass is 32.2. The van der Waals surface area contributed by atoms with Crippen LogP contribution < -0.4 is 10.1 Å². The molecule has 0 fully saturated rings. The molecule has 2 aromatic rings. The lowest BCUT2D eigenvalue weighted by molar-refractivity contribution is -0.118. The molecular weight excluding hydrogens is 334 g/mol. The number of thioether (sulfide) groups is 1. The lowest BCUT2D eigenvalue weighted by Gasteiger charge is -2.17. The van der Waals surface area contributed by atoms with Crippen LogP contribution in [0, 0.1) is 6.92 Å². The Morgan fingerprint density at radius 3 is 2.96 bits per heavy atom. The van der Waals surface area contributed by atoms with Crippen LogP contribution in [0.25, 0.3) is 0 Å². The van der Waals surface area contributed by atoms with Crippen molar-refractivity contribution in [2.45, 2.75) is 44.0 Å². The Balaban J connectivity index is 1.53. The number of nitrogens with zero attached hydrogens (tertiary/aromatic N) is 2. The molecule has 1 amide bonds. The molecule has 3 rings (SSSR count). The van der Waals surface area contributed by atoms with Gasteiger partial charge >= 0.3 is 0 Å². The van der Waals surface area contributed by atoms with Crippen LogP contribution in [0.4, 0.5) is 0 Å². The van der Waals surface area contributed by atoms with Gasteiger partial charge < -0.3 is 10.1 Å². The van der Waals surface area contributed by atoms with Gasteiger partial charge in [0.2, 0.25) is 5.91 Å². The summed E-state index contributed by atoms with van der Waals surface area (Å²) in [4.78, 5) is 22.3. The Morgan fingerprint density at radius 1 is 1.28 bits per heavy atom. The molecule has 0 atom stereocenters. The Morgan fingerprint density at radius 2 is 2.12 bits per heavy atom. The predicted molar refractivity (Wildman–Crippen MR) is 99.0 cm³/mol. The highest BCUT2D eigenvalue weighted by Crippen LogP contribution is 2.23. The van der Waals surface area contributed by atoms with Crippen molar-refractivity contribution >= 4 is 17.7 Å². The van der Waals surface area contributed by atoms with Gasteiger partial charge in [-0.05, 0) is 56.4 Å². The molecule has 1 aromatic carbocycles. The second-order valence-corrected chi connectivity index (χ2v) is 7.15. The van der Waals surface area contributed by atoms with E-state index in [1.165, 1.54) is 30.2 Å². The first kappa shape index (κ1) is 17.7. The molecule has 0 unspecified atom stereocenters. The van der Waals surface area contributed by atoms with Gasteiger partial charge in [-0.3, -0.25) is 4.79 Å². The van der Waals surface area contributed by atoms with Crippen molar-refractivity contribution in [1.29, 1.82) is 0 Å². The number of nitrogens with one attached hydrogen (secondary N) is 1. The van der Waals surface area contributed by atoms with Gasteiger partial charge in [-0.15, -0.1) is 11.8 Å². The largest absolute Gasteiger partial charge is 0.497 e. The molecule has 1 heterocycles. The molecule has 1 aromatic heterocycles. The van der Waals surface area contributed by atoms with E-state index in [0.717, 1.165) is 34.9 Å². The van der Waals surface area contributed by atoms with E-state index in [9.17, 15) is 4.79 Å². The summed E-state index contributed by atoms with van der Waals surface area (Å²) in [6.07, 6.45) is 4.50. The highest BCUT2D eigenvalue weighted by molar-refractivity contribution is 8.00. The first-order valence-corrected chi connectivity index (χ1v) is 9.53. The van der Waals surface area contributed by atoms with E-state index in [1.54, 1.807) is 7.11 Å². The van der Waals surface area contributed by atoms with Crippen LogP contribution in [-0.2, 0) is 24.2 Å². The summed E-state index contributed by atoms with van der Waals surface area (Å²) in [6.45, 7) is 2.42. The monoisotopic (exact) mass is 357 g/mol. The van der Waals surface area contributed by atoms with E-state index >= 15 is 0 Å². The molecule has 0 spiro atoms. The van der Waals surface area contributed by atoms with E-state index < -0.39 is 0 Å². The normalized spacial score (nSPS) is 13.2. The van der Waals surface area contributed by atoms with E-state index in [2.05, 4.69) is 15.3 Å². The van der Waals surface area contributed by atoms with Gasteiger partial charge in [0.15, 0.2) is 0 Å². The van der Waals surface area contributed by atoms with Gasteiger partial charge in [0.1, 0.15) is 11.6 Å². The number of fused-ring (bicyclic) bond motifs is 1. The van der Waals surface area contributed by atoms with E-state index in [-0.39, 0.29) is 5.91 Å². The first-order valence-electron chi connectivity index (χ1n) is 8.54. The van der Waals surface area contributed by atoms with Crippen LogP contribution in [0.5, 0.6) is 5.75 Å². The van der Waals surface area contributed by atoms with Gasteiger partial charge in [0, 0.05) is 16.3 Å². The van der Waals surface area contributed by atoms with E-state index in [1.807, 2.05) is 31.2 Å². The third kappa shape index (κ3) is 4.72. The van der Waals surface area contributed by atoms with Crippen LogP contribution in [0.3, 0.4) is 0 Å². The molecular formula is C19H23N3O2S. The summed E-state index contributed by atoms with van der Waals surface area (Å²) in [6, 6.07) is 7.70.